The van der Waals surface area contributed by atoms with Gasteiger partial charge < -0.3 is 5.11 Å². The molecule has 48 valence electrons. The van der Waals surface area contributed by atoms with Crippen molar-refractivity contribution in [3.8, 4) is 0 Å². The molecule has 0 bridgehead atoms. The van der Waals surface area contributed by atoms with Gasteiger partial charge in [-0.15, -0.1) is 0 Å². The first-order chi connectivity index (χ1) is 3.81. The minimum absolute atomic E-state index is 0.296. The summed E-state index contributed by atoms with van der Waals surface area (Å²) in [5.74, 6) is 0.422. The zero-order chi connectivity index (χ0) is 6.41. The van der Waals surface area contributed by atoms with E-state index in [0.717, 1.165) is 6.42 Å². The summed E-state index contributed by atoms with van der Waals surface area (Å²) in [5.41, 5.74) is 0. The lowest BCUT2D eigenvalue weighted by Crippen LogP contribution is -1.97. The third-order valence-electron chi connectivity index (χ3n) is 1.09. The highest BCUT2D eigenvalue weighted by atomic mass is 16.3. The van der Waals surface area contributed by atoms with Gasteiger partial charge in [0.25, 0.3) is 0 Å². The average molecular weight is 114 g/mol. The van der Waals surface area contributed by atoms with Gasteiger partial charge in [-0.2, -0.15) is 0 Å². The van der Waals surface area contributed by atoms with Crippen LogP contribution in [0.15, 0.2) is 12.2 Å². The van der Waals surface area contributed by atoms with Crippen LogP contribution in [0.1, 0.15) is 20.3 Å². The van der Waals surface area contributed by atoms with E-state index >= 15 is 0 Å². The van der Waals surface area contributed by atoms with Crippen LogP contribution in [0.3, 0.4) is 0 Å². The summed E-state index contributed by atoms with van der Waals surface area (Å²) in [4.78, 5) is 0. The summed E-state index contributed by atoms with van der Waals surface area (Å²) in [6.45, 7) is 4.31. The minimum Gasteiger partial charge on any atom is -0.396 e. The van der Waals surface area contributed by atoms with Crippen LogP contribution < -0.4 is 0 Å². The molecule has 1 heteroatoms. The molecule has 0 aromatic carbocycles. The molecule has 0 heterocycles. The van der Waals surface area contributed by atoms with Crippen LogP contribution in [-0.2, 0) is 0 Å². The van der Waals surface area contributed by atoms with Gasteiger partial charge in [0, 0.05) is 6.61 Å². The van der Waals surface area contributed by atoms with Gasteiger partial charge in [-0.3, -0.25) is 0 Å². The van der Waals surface area contributed by atoms with Crippen LogP contribution >= 0.6 is 0 Å². The van der Waals surface area contributed by atoms with E-state index in [-0.39, 0.29) is 0 Å². The summed E-state index contributed by atoms with van der Waals surface area (Å²) in [7, 11) is 0. The van der Waals surface area contributed by atoms with Crippen molar-refractivity contribution in [2.24, 2.45) is 5.92 Å². The molecular weight excluding hydrogens is 100 g/mol. The molecule has 0 saturated carbocycles. The van der Waals surface area contributed by atoms with Gasteiger partial charge in [-0.05, 0) is 19.3 Å². The van der Waals surface area contributed by atoms with Crippen molar-refractivity contribution in [1.29, 1.82) is 0 Å². The number of aliphatic hydroxyl groups is 1. The molecule has 0 fully saturated rings. The van der Waals surface area contributed by atoms with Crippen LogP contribution in [0.5, 0.6) is 0 Å². The van der Waals surface area contributed by atoms with Crippen LogP contribution in [0, 0.1) is 5.92 Å². The second-order valence-corrected chi connectivity index (χ2v) is 2.09. The van der Waals surface area contributed by atoms with Crippen LogP contribution in [0.4, 0.5) is 0 Å². The standard InChI is InChI=1S/C7H14O/c1-3-4-5-7(2)6-8/h3-4,7-8H,5-6H2,1-2H3/b4-3+/t7-/m1/s1. The van der Waals surface area contributed by atoms with Gasteiger partial charge in [0.1, 0.15) is 0 Å². The Hall–Kier alpha value is -0.300. The summed E-state index contributed by atoms with van der Waals surface area (Å²) in [6.07, 6.45) is 5.07. The number of rotatable bonds is 3. The maximum absolute atomic E-state index is 8.53. The van der Waals surface area contributed by atoms with Gasteiger partial charge in [0.2, 0.25) is 0 Å². The van der Waals surface area contributed by atoms with Gasteiger partial charge in [0.15, 0.2) is 0 Å². The maximum Gasteiger partial charge on any atom is 0.0459 e. The molecule has 0 aliphatic carbocycles. The Morgan fingerprint density at radius 1 is 1.62 bits per heavy atom. The first kappa shape index (κ1) is 7.70. The van der Waals surface area contributed by atoms with Crippen molar-refractivity contribution in [3.05, 3.63) is 12.2 Å². The van der Waals surface area contributed by atoms with E-state index in [1.54, 1.807) is 0 Å². The second kappa shape index (κ2) is 4.85. The summed E-state index contributed by atoms with van der Waals surface area (Å²) in [6, 6.07) is 0. The van der Waals surface area contributed by atoms with Crippen molar-refractivity contribution in [2.45, 2.75) is 20.3 Å². The Morgan fingerprint density at radius 3 is 2.62 bits per heavy atom. The Kier molecular flexibility index (Phi) is 4.67. The normalized spacial score (nSPS) is 14.9. The Morgan fingerprint density at radius 2 is 2.25 bits per heavy atom. The molecule has 0 aliphatic rings. The highest BCUT2D eigenvalue weighted by Crippen LogP contribution is 1.99. The quantitative estimate of drug-likeness (QED) is 0.552. The van der Waals surface area contributed by atoms with Crippen molar-refractivity contribution < 1.29 is 5.11 Å². The minimum atomic E-state index is 0.296. The monoisotopic (exact) mass is 114 g/mol. The van der Waals surface area contributed by atoms with Crippen LogP contribution in [-0.4, -0.2) is 11.7 Å². The Balaban J connectivity index is 3.10. The highest BCUT2D eigenvalue weighted by molar-refractivity contribution is 4.78. The molecule has 0 radical (unpaired) electrons. The molecule has 0 unspecified atom stereocenters. The van der Waals surface area contributed by atoms with E-state index in [0.29, 0.717) is 12.5 Å². The van der Waals surface area contributed by atoms with Crippen molar-refractivity contribution in [1.82, 2.24) is 0 Å². The largest absolute Gasteiger partial charge is 0.396 e. The molecule has 0 rings (SSSR count). The molecule has 8 heavy (non-hydrogen) atoms. The van der Waals surface area contributed by atoms with E-state index in [9.17, 15) is 0 Å². The molecule has 0 saturated heterocycles. The highest BCUT2D eigenvalue weighted by Gasteiger charge is 1.92. The molecule has 0 aliphatic heterocycles. The van der Waals surface area contributed by atoms with Gasteiger partial charge in [-0.1, -0.05) is 19.1 Å². The fourth-order valence-electron chi connectivity index (χ4n) is 0.443. The number of hydrogen-bond acceptors (Lipinski definition) is 1. The fraction of sp³-hybridized carbons (Fsp3) is 0.714. The number of allylic oxidation sites excluding steroid dienone is 2. The third-order valence-corrected chi connectivity index (χ3v) is 1.09. The summed E-state index contributed by atoms with van der Waals surface area (Å²) >= 11 is 0. The fourth-order valence-corrected chi connectivity index (χ4v) is 0.443. The SMILES string of the molecule is C/C=C/C[C@@H](C)CO. The van der Waals surface area contributed by atoms with Crippen molar-refractivity contribution >= 4 is 0 Å². The van der Waals surface area contributed by atoms with E-state index in [1.807, 2.05) is 19.9 Å². The van der Waals surface area contributed by atoms with E-state index in [4.69, 9.17) is 5.11 Å². The van der Waals surface area contributed by atoms with Gasteiger partial charge >= 0.3 is 0 Å². The Bertz CT molecular complexity index is 66.8. The van der Waals surface area contributed by atoms with Crippen LogP contribution in [0.2, 0.25) is 0 Å². The zero-order valence-electron chi connectivity index (χ0n) is 5.59. The molecule has 0 amide bonds. The second-order valence-electron chi connectivity index (χ2n) is 2.09. The average Bonchev–Trinajstić information content (AvgIpc) is 1.83. The molecular formula is C7H14O. The molecule has 0 spiro atoms. The number of aliphatic hydroxyl groups excluding tert-OH is 1. The summed E-state index contributed by atoms with van der Waals surface area (Å²) < 4.78 is 0. The van der Waals surface area contributed by atoms with E-state index in [1.165, 1.54) is 0 Å². The molecule has 0 aromatic heterocycles. The van der Waals surface area contributed by atoms with E-state index < -0.39 is 0 Å². The lowest BCUT2D eigenvalue weighted by atomic mass is 10.1. The van der Waals surface area contributed by atoms with Gasteiger partial charge in [0.05, 0.1) is 0 Å². The van der Waals surface area contributed by atoms with Crippen molar-refractivity contribution in [2.75, 3.05) is 6.61 Å². The Labute approximate surface area is 51.0 Å². The lowest BCUT2D eigenvalue weighted by molar-refractivity contribution is 0.239. The van der Waals surface area contributed by atoms with E-state index in [2.05, 4.69) is 6.08 Å². The topological polar surface area (TPSA) is 20.2 Å². The maximum atomic E-state index is 8.53. The predicted molar refractivity (Wildman–Crippen MR) is 35.7 cm³/mol. The van der Waals surface area contributed by atoms with Gasteiger partial charge in [-0.25, -0.2) is 0 Å². The van der Waals surface area contributed by atoms with Crippen molar-refractivity contribution in [3.63, 3.8) is 0 Å². The van der Waals surface area contributed by atoms with Crippen LogP contribution in [0.25, 0.3) is 0 Å². The molecule has 1 nitrogen and oxygen atoms in total. The zero-order valence-corrected chi connectivity index (χ0v) is 5.59. The number of hydrogen-bond donors (Lipinski definition) is 1. The molecule has 1 N–H and O–H groups in total. The first-order valence-electron chi connectivity index (χ1n) is 3.03. The molecule has 1 atom stereocenters. The first-order valence-corrected chi connectivity index (χ1v) is 3.03. The third kappa shape index (κ3) is 3.88. The smallest absolute Gasteiger partial charge is 0.0459 e. The lowest BCUT2D eigenvalue weighted by Gasteiger charge is -2.00. The predicted octanol–water partition coefficient (Wildman–Crippen LogP) is 1.58. The molecule has 0 aromatic rings. The summed E-state index contributed by atoms with van der Waals surface area (Å²) in [5, 5.41) is 8.53.